The van der Waals surface area contributed by atoms with E-state index in [1.165, 1.54) is 20.3 Å². The van der Waals surface area contributed by atoms with E-state index in [1.807, 2.05) is 27.7 Å². The Balaban J connectivity index is 2.55. The summed E-state index contributed by atoms with van der Waals surface area (Å²) in [7, 11) is 2.29. The van der Waals surface area contributed by atoms with Crippen molar-refractivity contribution < 1.29 is 27.9 Å². The first-order chi connectivity index (χ1) is 11.4. The Hall–Kier alpha value is -1.15. The fraction of sp³-hybridized carbons (Fsp3) is 0.667. The second-order valence-corrected chi connectivity index (χ2v) is 7.72. The predicted molar refractivity (Wildman–Crippen MR) is 94.7 cm³/mol. The molecule has 0 saturated carbocycles. The Morgan fingerprint density at radius 1 is 1.08 bits per heavy atom. The number of methoxy groups -OCH3 is 2. The summed E-state index contributed by atoms with van der Waals surface area (Å²) >= 11 is 0. The van der Waals surface area contributed by atoms with Gasteiger partial charge in [0.1, 0.15) is 18.4 Å². The molecular formula is C18H28BFO5. The molecule has 1 aromatic carbocycles. The molecule has 0 spiro atoms. The van der Waals surface area contributed by atoms with Crippen LogP contribution in [-0.2, 0) is 24.4 Å². The quantitative estimate of drug-likeness (QED) is 0.581. The molecule has 1 aromatic rings. The fourth-order valence-corrected chi connectivity index (χ4v) is 2.79. The molecule has 1 aliphatic heterocycles. The molecular weight excluding hydrogens is 326 g/mol. The highest BCUT2D eigenvalue weighted by molar-refractivity contribution is 6.62. The summed E-state index contributed by atoms with van der Waals surface area (Å²) in [4.78, 5) is 0. The van der Waals surface area contributed by atoms with Crippen LogP contribution in [0.5, 0.6) is 5.75 Å². The lowest BCUT2D eigenvalue weighted by atomic mass is 9.72. The topological polar surface area (TPSA) is 46.2 Å². The summed E-state index contributed by atoms with van der Waals surface area (Å²) in [5, 5.41) is 0. The van der Waals surface area contributed by atoms with E-state index in [9.17, 15) is 4.39 Å². The third-order valence-corrected chi connectivity index (χ3v) is 4.98. The van der Waals surface area contributed by atoms with Gasteiger partial charge in [-0.3, -0.25) is 0 Å². The van der Waals surface area contributed by atoms with Crippen LogP contribution < -0.4 is 10.2 Å². The molecule has 1 heterocycles. The first kappa shape index (κ1) is 20.2. The number of ether oxygens (including phenoxy) is 3. The zero-order chi connectivity index (χ0) is 19.0. The molecule has 1 saturated heterocycles. The summed E-state index contributed by atoms with van der Waals surface area (Å²) in [5.41, 5.74) is -1.09. The molecule has 0 N–H and O–H groups in total. The Kier molecular flexibility index (Phi) is 5.54. The van der Waals surface area contributed by atoms with Crippen molar-refractivity contribution in [1.29, 1.82) is 0 Å². The molecule has 0 aromatic heterocycles. The fourth-order valence-electron chi connectivity index (χ4n) is 2.79. The highest BCUT2D eigenvalue weighted by Crippen LogP contribution is 2.38. The molecule has 1 aliphatic rings. The van der Waals surface area contributed by atoms with E-state index in [2.05, 4.69) is 0 Å². The van der Waals surface area contributed by atoms with Gasteiger partial charge in [0, 0.05) is 18.7 Å². The molecule has 2 rings (SSSR count). The zero-order valence-electron chi connectivity index (χ0n) is 16.4. The van der Waals surface area contributed by atoms with E-state index >= 15 is 0 Å². The lowest BCUT2D eigenvalue weighted by Crippen LogP contribution is -2.42. The van der Waals surface area contributed by atoms with E-state index in [1.54, 1.807) is 19.9 Å². The van der Waals surface area contributed by atoms with Gasteiger partial charge in [0.15, 0.2) is 0 Å². The van der Waals surface area contributed by atoms with Crippen molar-refractivity contribution in [1.82, 2.24) is 0 Å². The molecule has 0 unspecified atom stereocenters. The summed E-state index contributed by atoms with van der Waals surface area (Å²) in [6, 6.07) is 3.07. The lowest BCUT2D eigenvalue weighted by molar-refractivity contribution is -0.119. The molecule has 1 fully saturated rings. The van der Waals surface area contributed by atoms with Crippen molar-refractivity contribution in [3.8, 4) is 5.75 Å². The predicted octanol–water partition coefficient (Wildman–Crippen LogP) is 2.99. The van der Waals surface area contributed by atoms with Crippen LogP contribution in [0.1, 0.15) is 47.1 Å². The van der Waals surface area contributed by atoms with E-state index in [0.29, 0.717) is 16.8 Å². The molecule has 5 nitrogen and oxygen atoms in total. The highest BCUT2D eigenvalue weighted by atomic mass is 19.1. The van der Waals surface area contributed by atoms with Gasteiger partial charge < -0.3 is 23.5 Å². The number of halogens is 1. The molecule has 0 radical (unpaired) electrons. The normalized spacial score (nSPS) is 19.3. The van der Waals surface area contributed by atoms with Crippen molar-refractivity contribution in [2.45, 2.75) is 58.3 Å². The van der Waals surface area contributed by atoms with Crippen molar-refractivity contribution in [3.63, 3.8) is 0 Å². The molecule has 0 atom stereocenters. The van der Waals surface area contributed by atoms with Crippen LogP contribution in [-0.4, -0.2) is 39.3 Å². The lowest BCUT2D eigenvalue weighted by Gasteiger charge is -2.32. The standard InChI is InChI=1S/C18H28BFO5/c1-16(2,23-11-21-7)15-13(9-12(22-8)10-14(15)20)19-24-17(3,4)18(5,6)25-19/h9-10H,11H2,1-8H3. The Labute approximate surface area is 149 Å². The minimum Gasteiger partial charge on any atom is -0.497 e. The van der Waals surface area contributed by atoms with E-state index < -0.39 is 29.7 Å². The first-order valence-corrected chi connectivity index (χ1v) is 8.31. The first-order valence-electron chi connectivity index (χ1n) is 8.31. The van der Waals surface area contributed by atoms with Crippen LogP contribution in [0, 0.1) is 5.82 Å². The Bertz CT molecular complexity index is 614. The van der Waals surface area contributed by atoms with Crippen LogP contribution in [0.4, 0.5) is 4.39 Å². The maximum absolute atomic E-state index is 14.9. The average molecular weight is 354 g/mol. The minimum absolute atomic E-state index is 0.0429. The number of benzene rings is 1. The SMILES string of the molecule is COCOC(C)(C)c1c(F)cc(OC)cc1B1OC(C)(C)C(C)(C)O1. The van der Waals surface area contributed by atoms with Crippen molar-refractivity contribution >= 4 is 12.6 Å². The smallest absolute Gasteiger partial charge is 0.495 e. The van der Waals surface area contributed by atoms with Crippen LogP contribution in [0.3, 0.4) is 0 Å². The second kappa shape index (κ2) is 6.87. The van der Waals surface area contributed by atoms with Gasteiger partial charge in [0.05, 0.1) is 23.9 Å². The largest absolute Gasteiger partial charge is 0.497 e. The van der Waals surface area contributed by atoms with Gasteiger partial charge >= 0.3 is 7.12 Å². The van der Waals surface area contributed by atoms with Crippen molar-refractivity contribution in [2.75, 3.05) is 21.0 Å². The Morgan fingerprint density at radius 2 is 1.64 bits per heavy atom. The van der Waals surface area contributed by atoms with Gasteiger partial charge in [-0.15, -0.1) is 0 Å². The van der Waals surface area contributed by atoms with E-state index in [-0.39, 0.29) is 6.79 Å². The van der Waals surface area contributed by atoms with Crippen LogP contribution in [0.2, 0.25) is 0 Å². The van der Waals surface area contributed by atoms with E-state index in [4.69, 9.17) is 23.5 Å². The average Bonchev–Trinajstić information content (AvgIpc) is 2.72. The highest BCUT2D eigenvalue weighted by Gasteiger charge is 2.53. The van der Waals surface area contributed by atoms with Crippen LogP contribution in [0.15, 0.2) is 12.1 Å². The van der Waals surface area contributed by atoms with Gasteiger partial charge in [0.25, 0.3) is 0 Å². The van der Waals surface area contributed by atoms with Gasteiger partial charge in [0.2, 0.25) is 0 Å². The molecule has 0 bridgehead atoms. The number of hydrogen-bond acceptors (Lipinski definition) is 5. The van der Waals surface area contributed by atoms with Crippen LogP contribution >= 0.6 is 0 Å². The molecule has 0 amide bonds. The van der Waals surface area contributed by atoms with Crippen LogP contribution in [0.25, 0.3) is 0 Å². The summed E-state index contributed by atoms with van der Waals surface area (Å²) in [6.45, 7) is 11.4. The number of hydrogen-bond donors (Lipinski definition) is 0. The summed E-state index contributed by atoms with van der Waals surface area (Å²) < 4.78 is 43.1. The second-order valence-electron chi connectivity index (χ2n) is 7.72. The maximum Gasteiger partial charge on any atom is 0.495 e. The van der Waals surface area contributed by atoms with Gasteiger partial charge in [-0.2, -0.15) is 0 Å². The van der Waals surface area contributed by atoms with Gasteiger partial charge in [-0.25, -0.2) is 4.39 Å². The number of rotatable bonds is 6. The minimum atomic E-state index is -0.939. The van der Waals surface area contributed by atoms with Gasteiger partial charge in [-0.1, -0.05) is 0 Å². The zero-order valence-corrected chi connectivity index (χ0v) is 16.4. The monoisotopic (exact) mass is 354 g/mol. The summed E-state index contributed by atoms with van der Waals surface area (Å²) in [6.07, 6.45) is 0. The molecule has 140 valence electrons. The summed E-state index contributed by atoms with van der Waals surface area (Å²) in [5.74, 6) is -0.0429. The third-order valence-electron chi connectivity index (χ3n) is 4.98. The molecule has 25 heavy (non-hydrogen) atoms. The maximum atomic E-state index is 14.9. The molecule has 7 heteroatoms. The third kappa shape index (κ3) is 3.84. The van der Waals surface area contributed by atoms with Gasteiger partial charge in [-0.05, 0) is 53.1 Å². The van der Waals surface area contributed by atoms with E-state index in [0.717, 1.165) is 0 Å². The van der Waals surface area contributed by atoms with Crippen molar-refractivity contribution in [3.05, 3.63) is 23.5 Å². The van der Waals surface area contributed by atoms with Crippen molar-refractivity contribution in [2.24, 2.45) is 0 Å². The Morgan fingerprint density at radius 3 is 2.12 bits per heavy atom. The molecule has 0 aliphatic carbocycles.